The number of nitrogen functional groups attached to an aromatic ring is 1. The number of methoxy groups -OCH3 is 1. The molecular formula is C36H57ClF5N7O2. The molecule has 3 aliphatic heterocycles. The van der Waals surface area contributed by atoms with E-state index < -0.39 is 45.9 Å². The summed E-state index contributed by atoms with van der Waals surface area (Å²) in [7, 11) is 1.31. The van der Waals surface area contributed by atoms with Gasteiger partial charge >= 0.3 is 12.2 Å². The number of rotatable bonds is 4. The number of aromatic nitrogens is 3. The van der Waals surface area contributed by atoms with Crippen molar-refractivity contribution in [3.8, 4) is 6.01 Å². The van der Waals surface area contributed by atoms with Gasteiger partial charge in [-0.3, -0.25) is 4.90 Å². The molecule has 51 heavy (non-hydrogen) atoms. The van der Waals surface area contributed by atoms with E-state index in [0.29, 0.717) is 50.8 Å². The van der Waals surface area contributed by atoms with Crippen molar-refractivity contribution in [2.24, 2.45) is 0 Å². The molecule has 0 aromatic carbocycles. The molecule has 0 aliphatic carbocycles. The van der Waals surface area contributed by atoms with Crippen LogP contribution in [-0.4, -0.2) is 78.0 Å². The molecule has 5 heterocycles. The Hall–Kier alpha value is -2.97. The van der Waals surface area contributed by atoms with Crippen LogP contribution in [0.25, 0.3) is 11.6 Å². The first-order valence-electron chi connectivity index (χ1n) is 18.0. The molecule has 9 nitrogen and oxygen atoms in total. The summed E-state index contributed by atoms with van der Waals surface area (Å²) in [6, 6.07) is 0.447. The van der Waals surface area contributed by atoms with E-state index in [-0.39, 0.29) is 34.3 Å². The normalized spacial score (nSPS) is 22.8. The van der Waals surface area contributed by atoms with Crippen molar-refractivity contribution in [1.82, 2.24) is 25.2 Å². The molecule has 15 heteroatoms. The van der Waals surface area contributed by atoms with Crippen molar-refractivity contribution in [2.75, 3.05) is 50.9 Å². The maximum absolute atomic E-state index is 16.4. The van der Waals surface area contributed by atoms with Crippen LogP contribution in [0.5, 0.6) is 6.01 Å². The standard InChI is InChI=1S/C24H31ClF4N6O2.C7H12FN.C3H8.C2H6/c1-6-14-16-20(34-23(36-5)35-22(16)32-10-9-31-8-7-11(2)37-14)19(26)12(3)15-17(24(27,28)29)13(4)33-21(30)18(15)25;8-6-4-7-2-1-3-9(7)5-6;1-3-2;1-2/h11-12,31H,6-10H2,1-5H3,(H2,30,33)(H,32,34,35);6-7H,1-5H2;3H2,1-2H3;1-2H3/b16-14-,20-19-;;;. The van der Waals surface area contributed by atoms with E-state index in [0.717, 1.165) is 19.9 Å². The second-order valence-electron chi connectivity index (χ2n) is 12.5. The number of anilines is 2. The van der Waals surface area contributed by atoms with Gasteiger partial charge in [-0.15, -0.1) is 0 Å². The van der Waals surface area contributed by atoms with E-state index in [1.165, 1.54) is 33.3 Å². The van der Waals surface area contributed by atoms with Gasteiger partial charge in [0.05, 0.1) is 34.7 Å². The fourth-order valence-corrected chi connectivity index (χ4v) is 6.57. The van der Waals surface area contributed by atoms with Gasteiger partial charge in [-0.25, -0.2) is 13.8 Å². The minimum absolute atomic E-state index is 0.164. The van der Waals surface area contributed by atoms with Gasteiger partial charge in [0.2, 0.25) is 0 Å². The minimum atomic E-state index is -4.85. The van der Waals surface area contributed by atoms with Gasteiger partial charge in [0, 0.05) is 38.0 Å². The van der Waals surface area contributed by atoms with Crippen LogP contribution in [0, 0.1) is 6.92 Å². The number of hydrogen-bond acceptors (Lipinski definition) is 9. The third kappa shape index (κ3) is 11.8. The fraction of sp³-hybridized carbons (Fsp3) is 0.694. The molecule has 4 atom stereocenters. The number of aryl methyl sites for hydroxylation is 1. The molecule has 2 aromatic heterocycles. The van der Waals surface area contributed by atoms with Crippen molar-refractivity contribution in [3.05, 3.63) is 32.4 Å². The first kappa shape index (κ1) is 44.2. The highest BCUT2D eigenvalue weighted by Gasteiger charge is 2.40. The van der Waals surface area contributed by atoms with Crippen LogP contribution in [0.15, 0.2) is 0 Å². The Morgan fingerprint density at radius 1 is 1.12 bits per heavy atom. The molecule has 3 aliphatic rings. The van der Waals surface area contributed by atoms with Crippen LogP contribution in [0.3, 0.4) is 0 Å². The van der Waals surface area contributed by atoms with Crippen LogP contribution in [0.2, 0.25) is 5.02 Å². The van der Waals surface area contributed by atoms with Crippen LogP contribution in [-0.2, 0) is 10.9 Å². The molecular weight excluding hydrogens is 693 g/mol. The first-order valence-corrected chi connectivity index (χ1v) is 18.4. The number of hydrogen-bond donors (Lipinski definition) is 3. The summed E-state index contributed by atoms with van der Waals surface area (Å²) in [6.45, 7) is 18.0. The van der Waals surface area contributed by atoms with E-state index in [2.05, 4.69) is 44.3 Å². The summed E-state index contributed by atoms with van der Waals surface area (Å²) in [6.07, 6.45) is 0.0323. The maximum atomic E-state index is 16.4. The largest absolute Gasteiger partial charge is 0.494 e. The second kappa shape index (κ2) is 20.9. The summed E-state index contributed by atoms with van der Waals surface area (Å²) in [4.78, 5) is 14.6. The quantitative estimate of drug-likeness (QED) is 0.278. The Kier molecular flexibility index (Phi) is 18.1. The Labute approximate surface area is 304 Å². The van der Waals surface area contributed by atoms with Gasteiger partial charge in [-0.05, 0) is 58.2 Å². The number of nitrogens with two attached hydrogens (primary N) is 1. The summed E-state index contributed by atoms with van der Waals surface area (Å²) >= 11 is 6.21. The third-order valence-corrected chi connectivity index (χ3v) is 8.90. The molecule has 4 unspecified atom stereocenters. The van der Waals surface area contributed by atoms with Gasteiger partial charge < -0.3 is 25.8 Å². The molecule has 4 N–H and O–H groups in total. The highest BCUT2D eigenvalue weighted by Crippen LogP contribution is 2.44. The Morgan fingerprint density at radius 2 is 1.78 bits per heavy atom. The summed E-state index contributed by atoms with van der Waals surface area (Å²) in [5.74, 6) is -2.17. The molecule has 2 fully saturated rings. The zero-order valence-electron chi connectivity index (χ0n) is 31.5. The van der Waals surface area contributed by atoms with Crippen LogP contribution < -0.4 is 31.7 Å². The van der Waals surface area contributed by atoms with E-state index in [9.17, 15) is 17.6 Å². The fourth-order valence-electron chi connectivity index (χ4n) is 6.27. The van der Waals surface area contributed by atoms with Crippen molar-refractivity contribution < 1.29 is 31.4 Å². The highest BCUT2D eigenvalue weighted by molar-refractivity contribution is 6.33. The van der Waals surface area contributed by atoms with Gasteiger partial charge in [0.15, 0.2) is 0 Å². The average Bonchev–Trinajstić information content (AvgIpc) is 3.66. The van der Waals surface area contributed by atoms with Gasteiger partial charge in [-0.1, -0.05) is 59.6 Å². The molecule has 0 bridgehead atoms. The lowest BCUT2D eigenvalue weighted by Gasteiger charge is -2.22. The van der Waals surface area contributed by atoms with Crippen molar-refractivity contribution >= 4 is 34.8 Å². The summed E-state index contributed by atoms with van der Waals surface area (Å²) in [5.41, 5.74) is 3.71. The lowest BCUT2D eigenvalue weighted by molar-refractivity contribution is -0.139. The predicted molar refractivity (Wildman–Crippen MR) is 196 cm³/mol. The first-order chi connectivity index (χ1) is 24.2. The predicted octanol–water partition coefficient (Wildman–Crippen LogP) is 7.29. The number of fused-ring (bicyclic) bond motifs is 2. The van der Waals surface area contributed by atoms with Crippen molar-refractivity contribution in [3.63, 3.8) is 0 Å². The van der Waals surface area contributed by atoms with E-state index in [1.807, 2.05) is 27.7 Å². The van der Waals surface area contributed by atoms with Gasteiger partial charge in [0.1, 0.15) is 34.7 Å². The Balaban J connectivity index is 0.000000535. The molecule has 290 valence electrons. The number of pyridine rings is 1. The molecule has 5 rings (SSSR count). The minimum Gasteiger partial charge on any atom is -0.494 e. The van der Waals surface area contributed by atoms with E-state index in [4.69, 9.17) is 26.8 Å². The topological polar surface area (TPSA) is 110 Å². The number of nitrogens with zero attached hydrogens (tertiary/aromatic N) is 4. The molecule has 0 spiro atoms. The van der Waals surface area contributed by atoms with Crippen LogP contribution in [0.4, 0.5) is 33.6 Å². The van der Waals surface area contributed by atoms with Gasteiger partial charge in [0.25, 0.3) is 0 Å². The average molecular weight is 750 g/mol. The number of ether oxygens (including phenoxy) is 2. The van der Waals surface area contributed by atoms with Crippen molar-refractivity contribution in [1.29, 1.82) is 0 Å². The smallest absolute Gasteiger partial charge is 0.418 e. The zero-order valence-corrected chi connectivity index (χ0v) is 32.3. The highest BCUT2D eigenvalue weighted by atomic mass is 35.5. The van der Waals surface area contributed by atoms with Gasteiger partial charge in [-0.2, -0.15) is 23.1 Å². The summed E-state index contributed by atoms with van der Waals surface area (Å²) < 4.78 is 82.5. The Bertz CT molecular complexity index is 1520. The second-order valence-corrected chi connectivity index (χ2v) is 12.9. The molecule has 0 saturated carbocycles. The van der Waals surface area contributed by atoms with E-state index in [1.54, 1.807) is 0 Å². The van der Waals surface area contributed by atoms with Crippen LogP contribution >= 0.6 is 11.6 Å². The lowest BCUT2D eigenvalue weighted by Crippen LogP contribution is -2.38. The number of nitrogens with one attached hydrogen (secondary N) is 2. The third-order valence-electron chi connectivity index (χ3n) is 8.50. The Morgan fingerprint density at radius 3 is 2.37 bits per heavy atom. The van der Waals surface area contributed by atoms with Crippen LogP contribution in [0.1, 0.15) is 110 Å². The molecule has 0 amide bonds. The van der Waals surface area contributed by atoms with Crippen molar-refractivity contribution in [2.45, 2.75) is 124 Å². The number of alkyl halides is 4. The molecule has 2 saturated heterocycles. The molecule has 2 aromatic rings. The maximum Gasteiger partial charge on any atom is 0.418 e. The molecule has 0 radical (unpaired) electrons. The SMILES string of the molecule is CC.CC/C1=c2/c(nc(OC)n/c2=C(\F)C(C)c2c(Cl)c(N)nc(C)c2C(F)(F)F)NCCNCCC(C)O1.CCC.FC1CC2CCCN2C1. The lowest BCUT2D eigenvalue weighted by atomic mass is 9.93. The zero-order chi connectivity index (χ0) is 38.5. The summed E-state index contributed by atoms with van der Waals surface area (Å²) in [5, 5.41) is 5.91. The number of halogens is 6. The monoisotopic (exact) mass is 749 g/mol. The van der Waals surface area contributed by atoms with E-state index >= 15 is 4.39 Å².